The molecule has 0 aliphatic carbocycles. The van der Waals surface area contributed by atoms with Gasteiger partial charge in [-0.1, -0.05) is 6.07 Å². The number of hydrogen-bond acceptors (Lipinski definition) is 5. The van der Waals surface area contributed by atoms with Crippen LogP contribution in [0.4, 0.5) is 11.4 Å². The van der Waals surface area contributed by atoms with Crippen LogP contribution in [0.1, 0.15) is 0 Å². The Morgan fingerprint density at radius 2 is 1.78 bits per heavy atom. The number of nitrogens with zero attached hydrogens (tertiary/aromatic N) is 2. The second kappa shape index (κ2) is 7.12. The Hall–Kier alpha value is -1.90. The predicted octanol–water partition coefficient (Wildman–Crippen LogP) is 2.07. The van der Waals surface area contributed by atoms with Crippen molar-refractivity contribution in [3.05, 3.63) is 41.8 Å². The van der Waals surface area contributed by atoms with Gasteiger partial charge in [-0.15, -0.1) is 11.3 Å². The van der Waals surface area contributed by atoms with E-state index in [0.717, 1.165) is 21.3 Å². The molecule has 124 valence electrons. The van der Waals surface area contributed by atoms with E-state index in [4.69, 9.17) is 0 Å². The van der Waals surface area contributed by atoms with Gasteiger partial charge in [0.2, 0.25) is 5.91 Å². The van der Waals surface area contributed by atoms with E-state index in [-0.39, 0.29) is 16.7 Å². The monoisotopic (exact) mass is 353 g/mol. The fourth-order valence-corrected chi connectivity index (χ4v) is 4.22. The summed E-state index contributed by atoms with van der Waals surface area (Å²) in [6, 6.07) is 10.5. The second-order valence-corrected chi connectivity index (χ2v) is 8.40. The third-order valence-corrected chi connectivity index (χ3v) is 6.37. The van der Waals surface area contributed by atoms with Crippen molar-refractivity contribution < 1.29 is 13.2 Å². The van der Waals surface area contributed by atoms with Crippen LogP contribution in [0.2, 0.25) is 0 Å². The lowest BCUT2D eigenvalue weighted by molar-refractivity contribution is -0.116. The summed E-state index contributed by atoms with van der Waals surface area (Å²) in [4.78, 5) is 14.0. The molecule has 1 heterocycles. The number of carbonyl (C=O) groups is 1. The smallest absolute Gasteiger partial charge is 0.252 e. The second-order valence-electron chi connectivity index (χ2n) is 5.18. The fraction of sp³-hybridized carbons (Fsp3) is 0.267. The molecule has 2 rings (SSSR count). The lowest BCUT2D eigenvalue weighted by Gasteiger charge is -2.16. The van der Waals surface area contributed by atoms with E-state index in [1.165, 1.54) is 13.1 Å². The SMILES string of the molecule is CN(C)c1ccc(NC(=O)CN(C)S(=O)(=O)c2cccs2)cc1. The maximum Gasteiger partial charge on any atom is 0.252 e. The minimum absolute atomic E-state index is 0.225. The molecule has 1 amide bonds. The summed E-state index contributed by atoms with van der Waals surface area (Å²) in [6.07, 6.45) is 0. The van der Waals surface area contributed by atoms with E-state index in [1.807, 2.05) is 31.1 Å². The summed E-state index contributed by atoms with van der Waals surface area (Å²) in [5.74, 6) is -0.384. The predicted molar refractivity (Wildman–Crippen MR) is 93.5 cm³/mol. The quantitative estimate of drug-likeness (QED) is 0.863. The maximum atomic E-state index is 12.3. The van der Waals surface area contributed by atoms with Crippen LogP contribution in [0.15, 0.2) is 46.0 Å². The van der Waals surface area contributed by atoms with E-state index in [0.29, 0.717) is 5.69 Å². The number of sulfonamides is 1. The first kappa shape index (κ1) is 17.5. The summed E-state index contributed by atoms with van der Waals surface area (Å²) in [5.41, 5.74) is 1.64. The summed E-state index contributed by atoms with van der Waals surface area (Å²) < 4.78 is 25.8. The molecule has 6 nitrogen and oxygen atoms in total. The number of rotatable bonds is 6. The zero-order chi connectivity index (χ0) is 17.0. The Labute approximate surface area is 140 Å². The van der Waals surface area contributed by atoms with Gasteiger partial charge in [0, 0.05) is 32.5 Å². The fourth-order valence-electron chi connectivity index (χ4n) is 1.89. The summed E-state index contributed by atoms with van der Waals surface area (Å²) >= 11 is 1.13. The molecule has 0 spiro atoms. The first-order chi connectivity index (χ1) is 10.8. The van der Waals surface area contributed by atoms with Gasteiger partial charge in [-0.25, -0.2) is 8.42 Å². The average molecular weight is 353 g/mol. The van der Waals surface area contributed by atoms with Crippen LogP contribution in [0.5, 0.6) is 0 Å². The van der Waals surface area contributed by atoms with E-state index < -0.39 is 10.0 Å². The highest BCUT2D eigenvalue weighted by Crippen LogP contribution is 2.20. The summed E-state index contributed by atoms with van der Waals surface area (Å²) in [7, 11) is 1.63. The topological polar surface area (TPSA) is 69.7 Å². The van der Waals surface area contributed by atoms with Crippen LogP contribution in [0, 0.1) is 0 Å². The Balaban J connectivity index is 1.99. The molecule has 0 aliphatic rings. The molecule has 0 bridgehead atoms. The highest BCUT2D eigenvalue weighted by molar-refractivity contribution is 7.91. The molecule has 0 saturated heterocycles. The van der Waals surface area contributed by atoms with Crippen molar-refractivity contribution in [3.63, 3.8) is 0 Å². The van der Waals surface area contributed by atoms with E-state index in [1.54, 1.807) is 23.6 Å². The van der Waals surface area contributed by atoms with Crippen molar-refractivity contribution in [1.29, 1.82) is 0 Å². The number of amides is 1. The minimum atomic E-state index is -3.62. The average Bonchev–Trinajstić information content (AvgIpc) is 3.02. The van der Waals surface area contributed by atoms with Gasteiger partial charge in [-0.2, -0.15) is 4.31 Å². The third-order valence-electron chi connectivity index (χ3n) is 3.19. The van der Waals surface area contributed by atoms with Gasteiger partial charge in [0.05, 0.1) is 6.54 Å². The third kappa shape index (κ3) is 4.31. The molecular formula is C15H19N3O3S2. The van der Waals surface area contributed by atoms with E-state index in [2.05, 4.69) is 5.32 Å². The number of benzene rings is 1. The molecule has 8 heteroatoms. The van der Waals surface area contributed by atoms with Crippen molar-refractivity contribution in [3.8, 4) is 0 Å². The Morgan fingerprint density at radius 1 is 1.13 bits per heavy atom. The lowest BCUT2D eigenvalue weighted by atomic mass is 10.2. The largest absolute Gasteiger partial charge is 0.378 e. The Morgan fingerprint density at radius 3 is 2.30 bits per heavy atom. The van der Waals surface area contributed by atoms with Gasteiger partial charge >= 0.3 is 0 Å². The summed E-state index contributed by atoms with van der Waals surface area (Å²) in [6.45, 7) is -0.240. The Bertz CT molecular complexity index is 754. The molecule has 0 aliphatic heterocycles. The van der Waals surface area contributed by atoms with Crippen molar-refractivity contribution in [1.82, 2.24) is 4.31 Å². The van der Waals surface area contributed by atoms with E-state index in [9.17, 15) is 13.2 Å². The van der Waals surface area contributed by atoms with Gasteiger partial charge in [-0.3, -0.25) is 4.79 Å². The van der Waals surface area contributed by atoms with Crippen LogP contribution >= 0.6 is 11.3 Å². The van der Waals surface area contributed by atoms with Crippen molar-refractivity contribution in [2.24, 2.45) is 0 Å². The van der Waals surface area contributed by atoms with Gasteiger partial charge in [0.15, 0.2) is 0 Å². The number of anilines is 2. The van der Waals surface area contributed by atoms with Crippen LogP contribution in [-0.4, -0.2) is 46.3 Å². The van der Waals surface area contributed by atoms with Crippen molar-refractivity contribution in [2.45, 2.75) is 4.21 Å². The zero-order valence-electron chi connectivity index (χ0n) is 13.2. The minimum Gasteiger partial charge on any atom is -0.378 e. The molecule has 1 aromatic heterocycles. The molecule has 1 N–H and O–H groups in total. The number of nitrogens with one attached hydrogen (secondary N) is 1. The molecule has 2 aromatic rings. The molecule has 0 fully saturated rings. The molecule has 0 unspecified atom stereocenters. The summed E-state index contributed by atoms with van der Waals surface area (Å²) in [5, 5.41) is 4.38. The lowest BCUT2D eigenvalue weighted by Crippen LogP contribution is -2.34. The highest BCUT2D eigenvalue weighted by Gasteiger charge is 2.23. The molecule has 1 aromatic carbocycles. The normalized spacial score (nSPS) is 11.5. The van der Waals surface area contributed by atoms with Gasteiger partial charge in [0.1, 0.15) is 4.21 Å². The number of thiophene rings is 1. The number of carbonyl (C=O) groups excluding carboxylic acids is 1. The highest BCUT2D eigenvalue weighted by atomic mass is 32.2. The molecule has 23 heavy (non-hydrogen) atoms. The standard InChI is InChI=1S/C15H19N3O3S2/c1-17(2)13-8-6-12(7-9-13)16-14(19)11-18(3)23(20,21)15-5-4-10-22-15/h4-10H,11H2,1-3H3,(H,16,19). The van der Waals surface area contributed by atoms with Crippen LogP contribution < -0.4 is 10.2 Å². The van der Waals surface area contributed by atoms with Crippen LogP contribution in [0.25, 0.3) is 0 Å². The molecular weight excluding hydrogens is 334 g/mol. The first-order valence-electron chi connectivity index (χ1n) is 6.88. The van der Waals surface area contributed by atoms with Gasteiger partial charge < -0.3 is 10.2 Å². The number of hydrogen-bond donors (Lipinski definition) is 1. The van der Waals surface area contributed by atoms with Crippen molar-refractivity contribution in [2.75, 3.05) is 37.9 Å². The van der Waals surface area contributed by atoms with Crippen LogP contribution in [-0.2, 0) is 14.8 Å². The van der Waals surface area contributed by atoms with Gasteiger partial charge in [0.25, 0.3) is 10.0 Å². The first-order valence-corrected chi connectivity index (χ1v) is 9.20. The molecule has 0 atom stereocenters. The maximum absolute atomic E-state index is 12.3. The van der Waals surface area contributed by atoms with Crippen molar-refractivity contribution >= 4 is 38.6 Å². The van der Waals surface area contributed by atoms with E-state index >= 15 is 0 Å². The van der Waals surface area contributed by atoms with Crippen LogP contribution in [0.3, 0.4) is 0 Å². The Kier molecular flexibility index (Phi) is 5.40. The molecule has 0 radical (unpaired) electrons. The van der Waals surface area contributed by atoms with Gasteiger partial charge in [-0.05, 0) is 35.7 Å². The number of likely N-dealkylation sites (N-methyl/N-ethyl adjacent to an activating group) is 1. The zero-order valence-corrected chi connectivity index (χ0v) is 14.8. The molecule has 0 saturated carbocycles.